The van der Waals surface area contributed by atoms with Gasteiger partial charge in [-0.2, -0.15) is 0 Å². The van der Waals surface area contributed by atoms with Crippen molar-refractivity contribution in [2.45, 2.75) is 68.0 Å². The molecule has 0 aromatic heterocycles. The molecule has 6 aliphatic rings. The summed E-state index contributed by atoms with van der Waals surface area (Å²) in [7, 11) is 3.14. The summed E-state index contributed by atoms with van der Waals surface area (Å²) in [5, 5.41) is 42.9. The lowest BCUT2D eigenvalue weighted by molar-refractivity contribution is -0.851. The van der Waals surface area contributed by atoms with Crippen LogP contribution >= 0.6 is 0 Å². The number of benzene rings is 2. The number of methoxy groups -OCH3 is 2. The molecule has 0 aliphatic carbocycles. The van der Waals surface area contributed by atoms with Crippen LogP contribution in [0.3, 0.4) is 0 Å². The summed E-state index contributed by atoms with van der Waals surface area (Å²) < 4.78 is 41.8. The van der Waals surface area contributed by atoms with E-state index in [0.717, 1.165) is 38.4 Å². The number of rotatable bonds is 8. The summed E-state index contributed by atoms with van der Waals surface area (Å²) >= 11 is 0. The number of aliphatic carboxylic acids is 1. The van der Waals surface area contributed by atoms with Crippen molar-refractivity contribution in [3.05, 3.63) is 64.0 Å². The molecule has 0 radical (unpaired) electrons. The van der Waals surface area contributed by atoms with Gasteiger partial charge in [0.2, 0.25) is 12.0 Å². The van der Waals surface area contributed by atoms with Gasteiger partial charge in [-0.05, 0) is 25.0 Å². The number of quaternary nitrogens is 1. The number of nitrogens with zero attached hydrogens (tertiary/aromatic N) is 1. The summed E-state index contributed by atoms with van der Waals surface area (Å²) in [6.07, 6.45) is -1.47. The van der Waals surface area contributed by atoms with Gasteiger partial charge in [0, 0.05) is 40.1 Å². The predicted molar refractivity (Wildman–Crippen MR) is 170 cm³/mol. The Labute approximate surface area is 285 Å². The molecule has 6 heterocycles. The zero-order chi connectivity index (χ0) is 34.9. The Balaban J connectivity index is 1.17. The van der Waals surface area contributed by atoms with Crippen molar-refractivity contribution in [1.29, 1.82) is 0 Å². The van der Waals surface area contributed by atoms with Gasteiger partial charge in [-0.1, -0.05) is 6.07 Å². The van der Waals surface area contributed by atoms with Gasteiger partial charge in [0.25, 0.3) is 0 Å². The first kappa shape index (κ1) is 32.5. The second kappa shape index (κ2) is 12.3. The first-order chi connectivity index (χ1) is 24.1. The Bertz CT molecular complexity index is 1860. The van der Waals surface area contributed by atoms with Gasteiger partial charge in [-0.3, -0.25) is 19.5 Å². The lowest BCUT2D eigenvalue weighted by atomic mass is 9.81. The van der Waals surface area contributed by atoms with E-state index in [0.29, 0.717) is 48.4 Å². The molecule has 8 atom stereocenters. The van der Waals surface area contributed by atoms with E-state index in [1.165, 1.54) is 0 Å². The molecule has 50 heavy (non-hydrogen) atoms. The third-order valence-electron chi connectivity index (χ3n) is 10.4. The second-order valence-corrected chi connectivity index (χ2v) is 13.2. The number of nitrogens with one attached hydrogen (secondary N) is 1. The predicted octanol–water partition coefficient (Wildman–Crippen LogP) is 0.0849. The van der Waals surface area contributed by atoms with Gasteiger partial charge in [-0.25, -0.2) is 0 Å². The van der Waals surface area contributed by atoms with Crippen molar-refractivity contribution in [2.75, 3.05) is 34.0 Å². The van der Waals surface area contributed by atoms with Gasteiger partial charge in [0.15, 0.2) is 17.1 Å². The Kier molecular flexibility index (Phi) is 7.99. The topological polar surface area (TPSA) is 196 Å². The zero-order valence-corrected chi connectivity index (χ0v) is 27.3. The molecule has 6 aliphatic heterocycles. The number of ether oxygens (including phenoxy) is 7. The molecule has 2 aromatic carbocycles. The fourth-order valence-electron chi connectivity index (χ4n) is 7.88. The Morgan fingerprint density at radius 3 is 2.74 bits per heavy atom. The molecule has 0 saturated carbocycles. The highest BCUT2D eigenvalue weighted by Gasteiger charge is 2.58. The van der Waals surface area contributed by atoms with Gasteiger partial charge in [-0.15, -0.1) is 0 Å². The van der Waals surface area contributed by atoms with E-state index in [1.807, 2.05) is 18.2 Å². The molecule has 8 rings (SSSR count). The van der Waals surface area contributed by atoms with Crippen molar-refractivity contribution in [3.63, 3.8) is 0 Å². The van der Waals surface area contributed by atoms with E-state index in [1.54, 1.807) is 26.5 Å². The maximum atomic E-state index is 11.9. The van der Waals surface area contributed by atoms with Crippen LogP contribution in [0.2, 0.25) is 0 Å². The number of carboxylic acid groups (broad SMARTS) is 1. The highest BCUT2D eigenvalue weighted by atomic mass is 16.7. The lowest BCUT2D eigenvalue weighted by Gasteiger charge is -2.46. The minimum Gasteiger partial charge on any atom is -0.493 e. The third kappa shape index (κ3) is 5.19. The number of allylic oxidation sites excluding steroid dienone is 1. The van der Waals surface area contributed by atoms with Gasteiger partial charge >= 0.3 is 11.9 Å². The number of carbonyl (C=O) groups is 2. The van der Waals surface area contributed by atoms with Crippen LogP contribution in [0.25, 0.3) is 0 Å². The van der Waals surface area contributed by atoms with Gasteiger partial charge < -0.3 is 53.6 Å². The fourth-order valence-corrected chi connectivity index (χ4v) is 7.88. The number of aliphatic hydroxyl groups is 3. The standard InChI is InChI=1S/C35H36N2O13/c1-44-22-4-3-18-20-14-46-24-9-23-17(5-7-35(43)33(42)29(41)25(49-34(35)48-23)15-47-27(40)10-26(38)39)19(12-37-11-16-6-8-36-21(16)13-37)28(24)30(20)50-31(18)32(22)45-2/h3-4,6,8-9,13,20,25,29-30,33-34,41-43H,5,7,10-12,14-15H2,1-2H3,(H,38,39)/p+1. The van der Waals surface area contributed by atoms with E-state index in [2.05, 4.69) is 11.2 Å². The number of fused-ring (bicyclic) bond motifs is 8. The van der Waals surface area contributed by atoms with E-state index >= 15 is 0 Å². The van der Waals surface area contributed by atoms with Gasteiger partial charge in [0.05, 0.1) is 26.7 Å². The minimum atomic E-state index is -2.05. The smallest absolute Gasteiger partial charge is 0.317 e. The van der Waals surface area contributed by atoms with Crippen LogP contribution in [0.15, 0.2) is 46.7 Å². The summed E-state index contributed by atoms with van der Waals surface area (Å²) in [4.78, 5) is 28.4. The molecular formula is C35H37N2O13+. The molecule has 15 heteroatoms. The second-order valence-electron chi connectivity index (χ2n) is 13.2. The number of aliphatic imine (C=N–C) groups is 1. The SMILES string of the molecule is COc1ccc2c(c1OC)OC1c3c(cc4c(c3C[NH+]3C=C5N=CC=C5C3)CCC3(O)C(O4)OC(COC(=O)CC(=O)O)C(O)C3O)OCC21. The van der Waals surface area contributed by atoms with Crippen LogP contribution in [0.1, 0.15) is 47.1 Å². The molecule has 15 nitrogen and oxygen atoms in total. The average molecular weight is 694 g/mol. The van der Waals surface area contributed by atoms with Crippen LogP contribution in [0.4, 0.5) is 0 Å². The zero-order valence-electron chi connectivity index (χ0n) is 27.3. The van der Waals surface area contributed by atoms with E-state index < -0.39 is 61.3 Å². The Hall–Kier alpha value is -4.67. The number of hydrogen-bond acceptors (Lipinski definition) is 13. The highest BCUT2D eigenvalue weighted by molar-refractivity contribution is 5.90. The molecule has 5 N–H and O–H groups in total. The molecule has 0 bridgehead atoms. The van der Waals surface area contributed by atoms with Crippen LogP contribution in [0, 0.1) is 0 Å². The number of carbonyl (C=O) groups excluding carboxylic acids is 1. The molecule has 2 aromatic rings. The quantitative estimate of drug-likeness (QED) is 0.185. The monoisotopic (exact) mass is 693 g/mol. The summed E-state index contributed by atoms with van der Waals surface area (Å²) in [5.74, 6) is -0.0627. The van der Waals surface area contributed by atoms with E-state index in [-0.39, 0.29) is 18.8 Å². The molecule has 1 saturated heterocycles. The molecular weight excluding hydrogens is 656 g/mol. The van der Waals surface area contributed by atoms with E-state index in [9.17, 15) is 24.9 Å². The molecule has 8 unspecified atom stereocenters. The first-order valence-corrected chi connectivity index (χ1v) is 16.4. The number of carboxylic acids is 1. The Morgan fingerprint density at radius 2 is 1.98 bits per heavy atom. The molecule has 0 amide bonds. The minimum absolute atomic E-state index is 0.0485. The number of hydrogen-bond donors (Lipinski definition) is 5. The van der Waals surface area contributed by atoms with Crippen LogP contribution in [0.5, 0.6) is 28.7 Å². The molecule has 1 fully saturated rings. The third-order valence-corrected chi connectivity index (χ3v) is 10.4. The van der Waals surface area contributed by atoms with Crippen molar-refractivity contribution < 1.29 is 68.1 Å². The molecule has 0 spiro atoms. The normalized spacial score (nSPS) is 31.1. The average Bonchev–Trinajstić information content (AvgIpc) is 3.77. The Morgan fingerprint density at radius 1 is 1.14 bits per heavy atom. The largest absolute Gasteiger partial charge is 0.493 e. The van der Waals surface area contributed by atoms with Crippen molar-refractivity contribution in [3.8, 4) is 28.7 Å². The van der Waals surface area contributed by atoms with Crippen molar-refractivity contribution >= 4 is 18.2 Å². The fraction of sp³-hybridized carbons (Fsp3) is 0.457. The molecule has 264 valence electrons. The van der Waals surface area contributed by atoms with Gasteiger partial charge in [0.1, 0.15) is 73.9 Å². The maximum absolute atomic E-state index is 11.9. The summed E-state index contributed by atoms with van der Waals surface area (Å²) in [6.45, 7) is 0.944. The van der Waals surface area contributed by atoms with Crippen LogP contribution in [-0.2, 0) is 32.0 Å². The van der Waals surface area contributed by atoms with Crippen LogP contribution in [-0.4, -0.2) is 103 Å². The highest BCUT2D eigenvalue weighted by Crippen LogP contribution is 2.58. The van der Waals surface area contributed by atoms with Crippen molar-refractivity contribution in [2.24, 2.45) is 4.99 Å². The number of esters is 1. The summed E-state index contributed by atoms with van der Waals surface area (Å²) in [6, 6.07) is 5.55. The van der Waals surface area contributed by atoms with Crippen molar-refractivity contribution in [1.82, 2.24) is 0 Å². The lowest BCUT2D eigenvalue weighted by Crippen LogP contribution is -3.05. The van der Waals surface area contributed by atoms with Crippen LogP contribution < -0.4 is 28.6 Å². The number of aliphatic hydroxyl groups excluding tert-OH is 2. The first-order valence-electron chi connectivity index (χ1n) is 16.4. The van der Waals surface area contributed by atoms with E-state index in [4.69, 9.17) is 38.3 Å². The maximum Gasteiger partial charge on any atom is 0.317 e. The summed E-state index contributed by atoms with van der Waals surface area (Å²) in [5.41, 5.74) is 3.41.